The Kier molecular flexibility index (Phi) is 35.6. The van der Waals surface area contributed by atoms with Gasteiger partial charge < -0.3 is 0 Å². The average molecular weight is 709 g/mol. The smallest absolute Gasteiger partial charge is 0.150 e. The molecule has 0 nitrogen and oxygen atoms in total. The van der Waals surface area contributed by atoms with Gasteiger partial charge in [-0.1, -0.05) is 59.6 Å². The Morgan fingerprint density at radius 3 is 1.29 bits per heavy atom. The monoisotopic (exact) mass is 704 g/mol. The first-order valence-corrected chi connectivity index (χ1v) is 27.1. The molecular weight excluding hydrogens is 671 g/mol. The van der Waals surface area contributed by atoms with Gasteiger partial charge in [-0.15, -0.1) is 95.2 Å². The van der Waals surface area contributed by atoms with Crippen LogP contribution in [0.15, 0.2) is 37.0 Å². The van der Waals surface area contributed by atoms with E-state index in [0.717, 1.165) is 11.1 Å². The molecule has 0 aliphatic heterocycles. The fourth-order valence-electron chi connectivity index (χ4n) is 1.16. The van der Waals surface area contributed by atoms with Crippen molar-refractivity contribution in [2.45, 2.75) is 72.8 Å². The summed E-state index contributed by atoms with van der Waals surface area (Å²) in [6, 6.07) is -2.61. The summed E-state index contributed by atoms with van der Waals surface area (Å²) in [7, 11) is -1.54. The fourth-order valence-corrected chi connectivity index (χ4v) is 17.2. The third-order valence-electron chi connectivity index (χ3n) is 3.11. The van der Waals surface area contributed by atoms with Gasteiger partial charge in [0.15, 0.2) is 0 Å². The van der Waals surface area contributed by atoms with Gasteiger partial charge >= 0.3 is 12.0 Å². The Labute approximate surface area is 244 Å². The topological polar surface area (TPSA) is 0 Å². The van der Waals surface area contributed by atoms with Gasteiger partial charge in [-0.3, -0.25) is 0 Å². The van der Waals surface area contributed by atoms with Crippen LogP contribution in [0.2, 0.25) is 29.7 Å². The number of rotatable bonds is 9. The van der Waals surface area contributed by atoms with E-state index in [2.05, 4.69) is 19.7 Å². The average Bonchev–Trinajstić information content (AvgIpc) is 2.50. The Hall–Kier alpha value is 2.99. The van der Waals surface area contributed by atoms with E-state index >= 15 is 0 Å². The molecule has 0 spiro atoms. The van der Waals surface area contributed by atoms with Crippen molar-refractivity contribution in [2.24, 2.45) is 0 Å². The zero-order valence-corrected chi connectivity index (χ0v) is 27.7. The highest BCUT2D eigenvalue weighted by Gasteiger charge is 2.39. The van der Waals surface area contributed by atoms with Gasteiger partial charge in [0, 0.05) is 0 Å². The molecule has 0 rings (SSSR count). The van der Waals surface area contributed by atoms with Crippen molar-refractivity contribution in [1.82, 2.24) is 0 Å². The summed E-state index contributed by atoms with van der Waals surface area (Å²) < 4.78 is 0. The molecule has 0 aromatic rings. The largest absolute Gasteiger partial charge is 0.341 e. The van der Waals surface area contributed by atoms with Crippen LogP contribution < -0.4 is 0 Å². The molecule has 1 atom stereocenters. The molecule has 14 heteroatoms. The maximum absolute atomic E-state index is 6.28. The van der Waals surface area contributed by atoms with Crippen molar-refractivity contribution in [1.29, 1.82) is 0 Å². The molecule has 31 heavy (non-hydrogen) atoms. The number of hydrogen-bond acceptors (Lipinski definition) is 0. The Balaban J connectivity index is -0.0000000801. The highest BCUT2D eigenvalue weighted by Crippen LogP contribution is 2.41. The van der Waals surface area contributed by atoms with Gasteiger partial charge in [-0.05, 0) is 43.6 Å². The normalized spacial score (nSPS) is 11.7. The summed E-state index contributed by atoms with van der Waals surface area (Å²) >= 11 is 57.6. The molecule has 0 N–H and O–H groups in total. The van der Waals surface area contributed by atoms with Crippen LogP contribution in [0.25, 0.3) is 0 Å². The standard InChI is InChI=1S/C7H13Cl5Si2.C5H8.C2H5Cl5Si2.3CH4/c1-6(2)7(3)13(8,9)4-5-14(10,11)12;1-4-5(2)3;3-8(4)1-2-9(5,6)7;;;/h7H,1,4-5H2,2-3H3;4H,1-2H2,3H3;8H,1-2H2;3*1H4. The molecule has 192 valence electrons. The summed E-state index contributed by atoms with van der Waals surface area (Å²) in [5.41, 5.74) is 2.14. The zero-order chi connectivity index (χ0) is 23.3. The minimum atomic E-state index is -2.59. The molecule has 0 aromatic carbocycles. The van der Waals surface area contributed by atoms with E-state index in [1.165, 1.54) is 0 Å². The lowest BCUT2D eigenvalue weighted by molar-refractivity contribution is 1.05. The van der Waals surface area contributed by atoms with Gasteiger partial charge in [0.2, 0.25) is 7.42 Å². The van der Waals surface area contributed by atoms with Gasteiger partial charge in [0.05, 0.1) is 0 Å². The van der Waals surface area contributed by atoms with Crippen LogP contribution in [-0.4, -0.2) is 26.1 Å². The van der Waals surface area contributed by atoms with E-state index in [1.54, 1.807) is 6.08 Å². The summed E-state index contributed by atoms with van der Waals surface area (Å²) in [5, 5.41) is 0. The maximum atomic E-state index is 6.28. The minimum Gasteiger partial charge on any atom is -0.150 e. The first-order chi connectivity index (χ1) is 12.2. The Morgan fingerprint density at radius 2 is 1.13 bits per heavy atom. The predicted molar refractivity (Wildman–Crippen MR) is 172 cm³/mol. The van der Waals surface area contributed by atoms with Crippen LogP contribution in [-0.2, 0) is 0 Å². The van der Waals surface area contributed by atoms with E-state index in [1.807, 2.05) is 20.8 Å². The van der Waals surface area contributed by atoms with Crippen LogP contribution in [0.3, 0.4) is 0 Å². The van der Waals surface area contributed by atoms with Crippen molar-refractivity contribution in [2.75, 3.05) is 0 Å². The summed E-state index contributed by atoms with van der Waals surface area (Å²) in [6.45, 7) is 14.3. The maximum Gasteiger partial charge on any atom is 0.341 e. The molecule has 0 aliphatic rings. The molecule has 0 saturated heterocycles. The highest BCUT2D eigenvalue weighted by molar-refractivity contribution is 7.65. The van der Waals surface area contributed by atoms with E-state index in [-0.39, 0.29) is 27.8 Å². The molecule has 1 unspecified atom stereocenters. The molecule has 0 radical (unpaired) electrons. The van der Waals surface area contributed by atoms with Gasteiger partial charge in [-0.25, -0.2) is 0 Å². The predicted octanol–water partition coefficient (Wildman–Crippen LogP) is 12.5. The van der Waals surface area contributed by atoms with E-state index < -0.39 is 26.1 Å². The summed E-state index contributed by atoms with van der Waals surface area (Å²) in [5.74, 6) is 0. The quantitative estimate of drug-likeness (QED) is 0.0968. The van der Waals surface area contributed by atoms with Crippen molar-refractivity contribution < 1.29 is 0 Å². The van der Waals surface area contributed by atoms with Crippen LogP contribution in [0.5, 0.6) is 0 Å². The third-order valence-corrected chi connectivity index (χ3v) is 17.1. The van der Waals surface area contributed by atoms with Gasteiger partial charge in [0.25, 0.3) is 6.69 Å². The number of halogens is 10. The molecule has 0 fully saturated rings. The second-order valence-electron chi connectivity index (χ2n) is 6.04. The first kappa shape index (κ1) is 47.2. The molecular formula is C17H38Cl10Si4. The van der Waals surface area contributed by atoms with Crippen molar-refractivity contribution in [3.8, 4) is 0 Å². The molecule has 0 amide bonds. The second-order valence-corrected chi connectivity index (χ2v) is 37.3. The van der Waals surface area contributed by atoms with Crippen LogP contribution in [0, 0.1) is 0 Å². The molecule has 0 heterocycles. The SMILES string of the molecule is C.C.C.C=C(C)C(C)[Si](Cl)(Cl)CC[Si](Cl)(Cl)Cl.C=CC(=C)C.Cl[SiH](Cl)CC[Si](Cl)(Cl)Cl. The fraction of sp³-hybridized carbons (Fsp3) is 0.647. The molecule has 0 saturated carbocycles. The van der Waals surface area contributed by atoms with E-state index in [4.69, 9.17) is 111 Å². The van der Waals surface area contributed by atoms with E-state index in [0.29, 0.717) is 24.2 Å². The third kappa shape index (κ3) is 40.4. The van der Waals surface area contributed by atoms with E-state index in [9.17, 15) is 0 Å². The number of allylic oxidation sites excluding steroid dienone is 3. The molecule has 0 aromatic heterocycles. The lowest BCUT2D eigenvalue weighted by Gasteiger charge is -2.25. The zero-order valence-electron chi connectivity index (χ0n) is 16.0. The number of hydrogen-bond donors (Lipinski definition) is 0. The molecule has 0 bridgehead atoms. The lowest BCUT2D eigenvalue weighted by atomic mass is 10.3. The van der Waals surface area contributed by atoms with Crippen molar-refractivity contribution in [3.05, 3.63) is 37.0 Å². The van der Waals surface area contributed by atoms with Gasteiger partial charge in [-0.2, -0.15) is 22.2 Å². The molecule has 0 aliphatic carbocycles. The van der Waals surface area contributed by atoms with Crippen molar-refractivity contribution >= 4 is 137 Å². The van der Waals surface area contributed by atoms with Gasteiger partial charge in [0.1, 0.15) is 0 Å². The highest BCUT2D eigenvalue weighted by atomic mass is 35.8. The lowest BCUT2D eigenvalue weighted by Crippen LogP contribution is -2.28. The Bertz CT molecular complexity index is 475. The van der Waals surface area contributed by atoms with Crippen molar-refractivity contribution in [3.63, 3.8) is 0 Å². The second kappa shape index (κ2) is 23.4. The van der Waals surface area contributed by atoms with Crippen LogP contribution >= 0.6 is 111 Å². The van der Waals surface area contributed by atoms with Crippen LogP contribution in [0.4, 0.5) is 0 Å². The summed E-state index contributed by atoms with van der Waals surface area (Å²) in [6.07, 6.45) is 1.72. The first-order valence-electron chi connectivity index (χ1n) is 7.98. The minimum absolute atomic E-state index is 0. The Morgan fingerprint density at radius 1 is 0.806 bits per heavy atom. The summed E-state index contributed by atoms with van der Waals surface area (Å²) in [4.78, 5) is 0. The van der Waals surface area contributed by atoms with Crippen LogP contribution in [0.1, 0.15) is 43.1 Å².